The number of likely N-dealkylation sites (N-methyl/N-ethyl adjacent to an activating group) is 1. The molecule has 1 N–H and O–H groups in total. The molecule has 0 aromatic heterocycles. The quantitative estimate of drug-likeness (QED) is 0.415. The molecular weight excluding hydrogens is 493 g/mol. The second-order valence-corrected chi connectivity index (χ2v) is 10.7. The third kappa shape index (κ3) is 7.63. The fraction of sp³-hybridized carbons (Fsp3) is 0.286. The number of anilines is 1. The number of benzene rings is 3. The average Bonchev–Trinajstić information content (AvgIpc) is 2.89. The van der Waals surface area contributed by atoms with E-state index in [1.807, 2.05) is 49.4 Å². The summed E-state index contributed by atoms with van der Waals surface area (Å²) in [6.45, 7) is 1.50. The molecule has 37 heavy (non-hydrogen) atoms. The fourth-order valence-corrected chi connectivity index (χ4v) is 4.87. The van der Waals surface area contributed by atoms with Gasteiger partial charge in [0.2, 0.25) is 21.8 Å². The molecule has 0 fully saturated rings. The zero-order valence-electron chi connectivity index (χ0n) is 21.2. The van der Waals surface area contributed by atoms with Gasteiger partial charge in [-0.1, -0.05) is 61.5 Å². The molecule has 3 aromatic carbocycles. The molecule has 0 aliphatic rings. The van der Waals surface area contributed by atoms with Crippen LogP contribution in [0.4, 0.5) is 10.1 Å². The smallest absolute Gasteiger partial charge is 0.244 e. The number of carbonyl (C=O) groups is 2. The Bertz CT molecular complexity index is 1300. The van der Waals surface area contributed by atoms with Crippen molar-refractivity contribution >= 4 is 27.5 Å². The van der Waals surface area contributed by atoms with Gasteiger partial charge in [-0.25, -0.2) is 12.8 Å². The summed E-state index contributed by atoms with van der Waals surface area (Å²) in [4.78, 5) is 28.2. The van der Waals surface area contributed by atoms with Gasteiger partial charge in [0, 0.05) is 20.0 Å². The summed E-state index contributed by atoms with van der Waals surface area (Å²) in [5.74, 6) is -1.37. The van der Waals surface area contributed by atoms with Crippen molar-refractivity contribution in [3.63, 3.8) is 0 Å². The number of nitrogens with one attached hydrogen (secondary N) is 1. The molecule has 3 rings (SSSR count). The van der Waals surface area contributed by atoms with E-state index in [0.717, 1.165) is 28.1 Å². The van der Waals surface area contributed by atoms with Crippen LogP contribution in [0.15, 0.2) is 78.9 Å². The number of halogens is 1. The van der Waals surface area contributed by atoms with Crippen molar-refractivity contribution in [1.82, 2.24) is 10.2 Å². The number of amides is 2. The lowest BCUT2D eigenvalue weighted by molar-refractivity contribution is -0.139. The van der Waals surface area contributed by atoms with E-state index in [2.05, 4.69) is 5.32 Å². The molecule has 0 saturated heterocycles. The molecule has 0 unspecified atom stereocenters. The molecule has 196 valence electrons. The van der Waals surface area contributed by atoms with Crippen LogP contribution >= 0.6 is 0 Å². The minimum atomic E-state index is -3.82. The summed E-state index contributed by atoms with van der Waals surface area (Å²) in [7, 11) is -2.33. The van der Waals surface area contributed by atoms with Gasteiger partial charge in [-0.3, -0.25) is 13.9 Å². The molecule has 7 nitrogen and oxygen atoms in total. The minimum absolute atomic E-state index is 0.00356. The summed E-state index contributed by atoms with van der Waals surface area (Å²) >= 11 is 0. The molecule has 9 heteroatoms. The first kappa shape index (κ1) is 27.9. The summed E-state index contributed by atoms with van der Waals surface area (Å²) in [5, 5.41) is 2.62. The molecule has 1 atom stereocenters. The first-order valence-electron chi connectivity index (χ1n) is 12.0. The van der Waals surface area contributed by atoms with Gasteiger partial charge in [0.05, 0.1) is 11.9 Å². The van der Waals surface area contributed by atoms with Crippen molar-refractivity contribution in [2.75, 3.05) is 24.2 Å². The molecule has 0 aliphatic carbocycles. The van der Waals surface area contributed by atoms with Crippen molar-refractivity contribution in [3.8, 4) is 0 Å². The van der Waals surface area contributed by atoms with Crippen LogP contribution in [0.5, 0.6) is 0 Å². The van der Waals surface area contributed by atoms with E-state index >= 15 is 0 Å². The predicted molar refractivity (Wildman–Crippen MR) is 143 cm³/mol. The fourth-order valence-electron chi connectivity index (χ4n) is 4.02. The number of hydrogen-bond donors (Lipinski definition) is 1. The Labute approximate surface area is 218 Å². The van der Waals surface area contributed by atoms with Gasteiger partial charge in [-0.15, -0.1) is 0 Å². The zero-order chi connectivity index (χ0) is 27.0. The van der Waals surface area contributed by atoms with Gasteiger partial charge < -0.3 is 10.2 Å². The Morgan fingerprint density at radius 2 is 1.49 bits per heavy atom. The lowest BCUT2D eigenvalue weighted by Gasteiger charge is -2.33. The topological polar surface area (TPSA) is 86.8 Å². The number of aryl methyl sites for hydroxylation is 1. The molecule has 0 radical (unpaired) electrons. The maximum atomic E-state index is 13.8. The van der Waals surface area contributed by atoms with Gasteiger partial charge in [-0.05, 0) is 47.4 Å². The van der Waals surface area contributed by atoms with E-state index in [1.54, 1.807) is 12.1 Å². The highest BCUT2D eigenvalue weighted by molar-refractivity contribution is 7.92. The SMILES string of the molecule is CCc1ccc(N(CC(=O)N(Cc2ccc(F)cc2)[C@H](Cc2ccccc2)C(=O)NC)S(C)(=O)=O)cc1. The van der Waals surface area contributed by atoms with Crippen LogP contribution in [-0.4, -0.2) is 51.0 Å². The molecule has 0 saturated carbocycles. The first-order valence-corrected chi connectivity index (χ1v) is 13.8. The molecule has 2 amide bonds. The van der Waals surface area contributed by atoms with Crippen LogP contribution in [0.25, 0.3) is 0 Å². The van der Waals surface area contributed by atoms with Gasteiger partial charge in [0.15, 0.2) is 0 Å². The van der Waals surface area contributed by atoms with Gasteiger partial charge in [0.25, 0.3) is 0 Å². The molecule has 0 spiro atoms. The van der Waals surface area contributed by atoms with Gasteiger partial charge in [0.1, 0.15) is 18.4 Å². The van der Waals surface area contributed by atoms with Crippen LogP contribution in [0, 0.1) is 5.82 Å². The Kier molecular flexibility index (Phi) is 9.41. The second kappa shape index (κ2) is 12.5. The zero-order valence-corrected chi connectivity index (χ0v) is 22.0. The second-order valence-electron chi connectivity index (χ2n) is 8.76. The lowest BCUT2D eigenvalue weighted by atomic mass is 10.0. The molecule has 3 aromatic rings. The number of hydrogen-bond acceptors (Lipinski definition) is 4. The normalized spacial score (nSPS) is 12.0. The average molecular weight is 526 g/mol. The number of carbonyl (C=O) groups excluding carboxylic acids is 2. The largest absolute Gasteiger partial charge is 0.357 e. The summed E-state index contributed by atoms with van der Waals surface area (Å²) in [6.07, 6.45) is 2.05. The highest BCUT2D eigenvalue weighted by atomic mass is 32.2. The standard InChI is InChI=1S/C28H32FN3O4S/c1-4-21-12-16-25(17-13-21)32(37(3,35)36)20-27(33)31(19-23-10-14-24(29)15-11-23)26(28(34)30-2)18-22-8-6-5-7-9-22/h5-17,26H,4,18-20H2,1-3H3,(H,30,34)/t26-/m1/s1. The Morgan fingerprint density at radius 3 is 2.03 bits per heavy atom. The Morgan fingerprint density at radius 1 is 0.892 bits per heavy atom. The highest BCUT2D eigenvalue weighted by Gasteiger charge is 2.32. The summed E-state index contributed by atoms with van der Waals surface area (Å²) in [6, 6.07) is 20.9. The molecule has 0 bridgehead atoms. The van der Waals surface area contributed by atoms with E-state index in [4.69, 9.17) is 0 Å². The molecular formula is C28H32FN3O4S. The Hall–Kier alpha value is -3.72. The van der Waals surface area contributed by atoms with Crippen LogP contribution in [0.3, 0.4) is 0 Å². The van der Waals surface area contributed by atoms with Crippen LogP contribution < -0.4 is 9.62 Å². The van der Waals surface area contributed by atoms with E-state index in [-0.39, 0.29) is 13.0 Å². The number of sulfonamides is 1. The van der Waals surface area contributed by atoms with Crippen molar-refractivity contribution in [3.05, 3.63) is 101 Å². The van der Waals surface area contributed by atoms with Crippen molar-refractivity contribution in [2.24, 2.45) is 0 Å². The monoisotopic (exact) mass is 525 g/mol. The molecule has 0 heterocycles. The number of nitrogens with zero attached hydrogens (tertiary/aromatic N) is 2. The van der Waals surface area contributed by atoms with Crippen LogP contribution in [0.2, 0.25) is 0 Å². The third-order valence-electron chi connectivity index (χ3n) is 6.10. The van der Waals surface area contributed by atoms with Crippen molar-refractivity contribution < 1.29 is 22.4 Å². The van der Waals surface area contributed by atoms with E-state index in [9.17, 15) is 22.4 Å². The van der Waals surface area contributed by atoms with E-state index in [1.165, 1.54) is 36.2 Å². The van der Waals surface area contributed by atoms with Crippen LogP contribution in [0.1, 0.15) is 23.6 Å². The number of rotatable bonds is 11. The van der Waals surface area contributed by atoms with Gasteiger partial charge >= 0.3 is 0 Å². The highest BCUT2D eigenvalue weighted by Crippen LogP contribution is 2.21. The Balaban J connectivity index is 2.00. The van der Waals surface area contributed by atoms with E-state index in [0.29, 0.717) is 11.3 Å². The molecule has 0 aliphatic heterocycles. The van der Waals surface area contributed by atoms with Crippen molar-refractivity contribution in [1.29, 1.82) is 0 Å². The maximum absolute atomic E-state index is 13.8. The van der Waals surface area contributed by atoms with Gasteiger partial charge in [-0.2, -0.15) is 0 Å². The van der Waals surface area contributed by atoms with Crippen molar-refractivity contribution in [2.45, 2.75) is 32.4 Å². The van der Waals surface area contributed by atoms with Crippen LogP contribution in [-0.2, 0) is 39.0 Å². The first-order chi connectivity index (χ1) is 17.6. The minimum Gasteiger partial charge on any atom is -0.357 e. The summed E-state index contributed by atoms with van der Waals surface area (Å²) < 4.78 is 40.0. The maximum Gasteiger partial charge on any atom is 0.244 e. The lowest BCUT2D eigenvalue weighted by Crippen LogP contribution is -2.52. The predicted octanol–water partition coefficient (Wildman–Crippen LogP) is 3.54. The van der Waals surface area contributed by atoms with E-state index < -0.39 is 40.2 Å². The summed E-state index contributed by atoms with van der Waals surface area (Å²) in [5.41, 5.74) is 2.83. The third-order valence-corrected chi connectivity index (χ3v) is 7.24.